The molecule has 3 aliphatic rings. The number of halogens is 2. The fourth-order valence-electron chi connectivity index (χ4n) is 5.60. The fourth-order valence-corrected chi connectivity index (χ4v) is 6.11. The first kappa shape index (κ1) is 23.2. The Morgan fingerprint density at radius 1 is 1.12 bits per heavy atom. The van der Waals surface area contributed by atoms with Crippen molar-refractivity contribution < 1.29 is 26.7 Å². The molecule has 1 amide bonds. The highest BCUT2D eigenvalue weighted by molar-refractivity contribution is 7.90. The summed E-state index contributed by atoms with van der Waals surface area (Å²) in [7, 11) is -3.85. The fraction of sp³-hybridized carbons (Fsp3) is 0.609. The molecule has 2 bridgehead atoms. The van der Waals surface area contributed by atoms with Gasteiger partial charge < -0.3 is 9.64 Å². The van der Waals surface area contributed by atoms with E-state index in [0.29, 0.717) is 31.4 Å². The van der Waals surface area contributed by atoms with Gasteiger partial charge in [0, 0.05) is 24.4 Å². The van der Waals surface area contributed by atoms with Gasteiger partial charge in [-0.05, 0) is 52.9 Å². The number of amides is 1. The molecule has 0 unspecified atom stereocenters. The zero-order valence-electron chi connectivity index (χ0n) is 19.6. The van der Waals surface area contributed by atoms with Gasteiger partial charge in [0.05, 0.1) is 23.5 Å². The molecule has 0 saturated carbocycles. The van der Waals surface area contributed by atoms with E-state index < -0.39 is 32.2 Å². The summed E-state index contributed by atoms with van der Waals surface area (Å²) in [5.74, 6) is -1.38. The van der Waals surface area contributed by atoms with Crippen molar-refractivity contribution in [1.29, 1.82) is 0 Å². The van der Waals surface area contributed by atoms with E-state index in [1.165, 1.54) is 0 Å². The van der Waals surface area contributed by atoms with E-state index in [4.69, 9.17) is 4.74 Å². The van der Waals surface area contributed by atoms with Crippen molar-refractivity contribution in [2.45, 2.75) is 81.8 Å². The monoisotopic (exact) mass is 494 g/mol. The number of aromatic nitrogens is 2. The Morgan fingerprint density at radius 2 is 1.85 bits per heavy atom. The number of carbonyl (C=O) groups is 1. The average Bonchev–Trinajstić information content (AvgIpc) is 3.03. The maximum Gasteiger partial charge on any atom is 0.410 e. The van der Waals surface area contributed by atoms with Crippen LogP contribution in [0, 0.1) is 11.6 Å². The summed E-state index contributed by atoms with van der Waals surface area (Å²) in [6.45, 7) is 5.84. The lowest BCUT2D eigenvalue weighted by Gasteiger charge is -2.48. The highest BCUT2D eigenvalue weighted by Crippen LogP contribution is 2.43. The van der Waals surface area contributed by atoms with E-state index in [9.17, 15) is 22.0 Å². The second-order valence-corrected chi connectivity index (χ2v) is 12.4. The minimum absolute atomic E-state index is 0.166. The number of sulfone groups is 1. The zero-order chi connectivity index (χ0) is 24.6. The van der Waals surface area contributed by atoms with Gasteiger partial charge in [0.2, 0.25) is 15.0 Å². The number of anilines is 1. The minimum Gasteiger partial charge on any atom is -0.444 e. The molecular formula is C23H28F2N4O4S. The molecule has 11 heteroatoms. The van der Waals surface area contributed by atoms with Gasteiger partial charge in [-0.15, -0.1) is 0 Å². The van der Waals surface area contributed by atoms with E-state index in [0.717, 1.165) is 25.2 Å². The lowest BCUT2D eigenvalue weighted by atomic mass is 9.91. The normalized spacial score (nSPS) is 24.6. The van der Waals surface area contributed by atoms with Crippen LogP contribution in [0.4, 0.5) is 19.4 Å². The third-order valence-corrected chi connectivity index (χ3v) is 7.72. The summed E-state index contributed by atoms with van der Waals surface area (Å²) in [6, 6.07) is 0.240. The molecule has 184 valence electrons. The van der Waals surface area contributed by atoms with Gasteiger partial charge in [0.15, 0.2) is 5.82 Å². The average molecular weight is 495 g/mol. The summed E-state index contributed by atoms with van der Waals surface area (Å²) in [6.07, 6.45) is 3.72. The predicted octanol–water partition coefficient (Wildman–Crippen LogP) is 3.60. The minimum atomic E-state index is -3.85. The molecule has 2 fully saturated rings. The third kappa shape index (κ3) is 3.77. The molecule has 2 aromatic rings. The summed E-state index contributed by atoms with van der Waals surface area (Å²) < 4.78 is 60.1. The maximum absolute atomic E-state index is 14.9. The number of hydrogen-bond acceptors (Lipinski definition) is 7. The number of rotatable bonds is 1. The summed E-state index contributed by atoms with van der Waals surface area (Å²) in [5.41, 5.74) is -0.526. The highest BCUT2D eigenvalue weighted by atomic mass is 32.2. The standard InChI is InChI=1S/C23H28F2N4O4S/c1-23(2,3)33-22(30)29-12-8-9-17(29)16-7-5-6-13-14(24)10-15(25)19-18(13)20(28(16)11-12)27-21(26-19)34(4,31)32/h10,12,16-17H,5-9,11H2,1-4H3/t12-,16-,17+/m1/s1. The molecule has 34 heavy (non-hydrogen) atoms. The molecule has 2 saturated heterocycles. The quantitative estimate of drug-likeness (QED) is 0.559. The van der Waals surface area contributed by atoms with Crippen molar-refractivity contribution in [2.24, 2.45) is 0 Å². The van der Waals surface area contributed by atoms with Crippen molar-refractivity contribution in [2.75, 3.05) is 17.7 Å². The van der Waals surface area contributed by atoms with Crippen LogP contribution >= 0.6 is 0 Å². The number of carbonyl (C=O) groups excluding carboxylic acids is 1. The molecule has 4 heterocycles. The number of hydrogen-bond donors (Lipinski definition) is 0. The van der Waals surface area contributed by atoms with Crippen LogP contribution in [-0.4, -0.2) is 65.9 Å². The van der Waals surface area contributed by atoms with Gasteiger partial charge >= 0.3 is 6.09 Å². The Labute approximate surface area is 197 Å². The van der Waals surface area contributed by atoms with E-state index >= 15 is 0 Å². The van der Waals surface area contributed by atoms with Crippen LogP contribution in [0.15, 0.2) is 11.2 Å². The molecule has 8 nitrogen and oxygen atoms in total. The molecule has 0 spiro atoms. The van der Waals surface area contributed by atoms with Gasteiger partial charge in [0.1, 0.15) is 22.8 Å². The van der Waals surface area contributed by atoms with Crippen LogP contribution in [0.3, 0.4) is 0 Å². The molecular weight excluding hydrogens is 466 g/mol. The van der Waals surface area contributed by atoms with Crippen LogP contribution in [0.1, 0.15) is 52.0 Å². The zero-order valence-corrected chi connectivity index (χ0v) is 20.5. The molecule has 1 aromatic carbocycles. The van der Waals surface area contributed by atoms with Gasteiger partial charge in [-0.1, -0.05) is 0 Å². The molecule has 5 rings (SSSR count). The lowest BCUT2D eigenvalue weighted by Crippen LogP contribution is -2.62. The second kappa shape index (κ2) is 7.73. The topological polar surface area (TPSA) is 92.7 Å². The number of aryl methyl sites for hydroxylation is 1. The van der Waals surface area contributed by atoms with Crippen molar-refractivity contribution in [1.82, 2.24) is 14.9 Å². The Morgan fingerprint density at radius 3 is 2.53 bits per heavy atom. The molecule has 0 aliphatic carbocycles. The molecule has 0 N–H and O–H groups in total. The number of fused-ring (bicyclic) bond motifs is 5. The number of ether oxygens (including phenoxy) is 1. The van der Waals surface area contributed by atoms with Crippen LogP contribution < -0.4 is 4.90 Å². The van der Waals surface area contributed by atoms with Crippen LogP contribution in [0.25, 0.3) is 10.9 Å². The SMILES string of the molecule is CC(C)(C)OC(=O)N1[C@@H]2CC[C@H]1[C@H]1CCCc3c(F)cc(F)c4nc(S(C)(=O)=O)nc(c34)N1C2. The molecule has 3 atom stereocenters. The Kier molecular flexibility index (Phi) is 5.27. The first-order valence-electron chi connectivity index (χ1n) is 11.5. The summed E-state index contributed by atoms with van der Waals surface area (Å²) in [4.78, 5) is 25.1. The van der Waals surface area contributed by atoms with Gasteiger partial charge in [0.25, 0.3) is 0 Å². The number of piperazine rings is 1. The largest absolute Gasteiger partial charge is 0.444 e. The first-order valence-corrected chi connectivity index (χ1v) is 13.4. The van der Waals surface area contributed by atoms with E-state index in [-0.39, 0.29) is 40.9 Å². The van der Waals surface area contributed by atoms with Crippen LogP contribution in [-0.2, 0) is 21.0 Å². The molecule has 0 radical (unpaired) electrons. The lowest BCUT2D eigenvalue weighted by molar-refractivity contribution is 0.00701. The molecule has 1 aromatic heterocycles. The first-order chi connectivity index (χ1) is 15.8. The van der Waals surface area contributed by atoms with Crippen LogP contribution in [0.5, 0.6) is 0 Å². The number of nitrogens with zero attached hydrogens (tertiary/aromatic N) is 4. The smallest absolute Gasteiger partial charge is 0.410 e. The maximum atomic E-state index is 14.9. The van der Waals surface area contributed by atoms with E-state index in [2.05, 4.69) is 9.97 Å². The highest BCUT2D eigenvalue weighted by Gasteiger charge is 2.50. The Balaban J connectivity index is 1.67. The van der Waals surface area contributed by atoms with Gasteiger partial charge in [-0.25, -0.2) is 32.0 Å². The second-order valence-electron chi connectivity index (χ2n) is 10.4. The van der Waals surface area contributed by atoms with Crippen LogP contribution in [0.2, 0.25) is 0 Å². The van der Waals surface area contributed by atoms with E-state index in [1.54, 1.807) is 4.90 Å². The van der Waals surface area contributed by atoms with Crippen molar-refractivity contribution in [3.8, 4) is 0 Å². The number of benzene rings is 1. The Hall–Kier alpha value is -2.56. The van der Waals surface area contributed by atoms with E-state index in [1.807, 2.05) is 25.7 Å². The van der Waals surface area contributed by atoms with Crippen molar-refractivity contribution >= 4 is 32.7 Å². The van der Waals surface area contributed by atoms with Crippen molar-refractivity contribution in [3.05, 3.63) is 23.3 Å². The summed E-state index contributed by atoms with van der Waals surface area (Å²) >= 11 is 0. The summed E-state index contributed by atoms with van der Waals surface area (Å²) in [5, 5.41) is -0.271. The van der Waals surface area contributed by atoms with Gasteiger partial charge in [-0.3, -0.25) is 4.90 Å². The van der Waals surface area contributed by atoms with Gasteiger partial charge in [-0.2, -0.15) is 0 Å². The molecule has 3 aliphatic heterocycles. The van der Waals surface area contributed by atoms with Crippen molar-refractivity contribution in [3.63, 3.8) is 0 Å². The predicted molar refractivity (Wildman–Crippen MR) is 122 cm³/mol. The third-order valence-electron chi connectivity index (χ3n) is 6.87. The Bertz CT molecular complexity index is 1290.